The Labute approximate surface area is 126 Å². The molecule has 1 unspecified atom stereocenters. The fourth-order valence-electron chi connectivity index (χ4n) is 2.54. The third kappa shape index (κ3) is 2.71. The third-order valence-corrected chi connectivity index (χ3v) is 4.52. The van der Waals surface area contributed by atoms with Crippen molar-refractivity contribution in [2.45, 2.75) is 13.3 Å². The highest BCUT2D eigenvalue weighted by atomic mass is 32.1. The zero-order valence-corrected chi connectivity index (χ0v) is 12.6. The lowest BCUT2D eigenvalue weighted by Crippen LogP contribution is -2.38. The minimum Gasteiger partial charge on any atom is -0.381 e. The standard InChI is InChI=1S/C14H17N3O3S/c1-2-16(8-10-3-5-20-9-10)12(18)11-7-15-14-17(13(11)19)4-6-21-14/h4,6-7,10H,2-3,5,8-9H2,1H3. The highest BCUT2D eigenvalue weighted by Crippen LogP contribution is 2.15. The molecule has 2 aromatic rings. The molecule has 6 nitrogen and oxygen atoms in total. The number of ether oxygens (including phenoxy) is 1. The first kappa shape index (κ1) is 14.2. The SMILES string of the molecule is CCN(CC1CCOC1)C(=O)c1cnc2sccn2c1=O. The highest BCUT2D eigenvalue weighted by Gasteiger charge is 2.24. The van der Waals surface area contributed by atoms with Crippen LogP contribution in [0.1, 0.15) is 23.7 Å². The number of carbonyl (C=O) groups is 1. The summed E-state index contributed by atoms with van der Waals surface area (Å²) in [5, 5.41) is 1.78. The summed E-state index contributed by atoms with van der Waals surface area (Å²) in [6.45, 7) is 4.55. The summed E-state index contributed by atoms with van der Waals surface area (Å²) in [5.74, 6) is 0.108. The van der Waals surface area contributed by atoms with Crippen LogP contribution in [0.5, 0.6) is 0 Å². The van der Waals surface area contributed by atoms with Crippen LogP contribution in [0.4, 0.5) is 0 Å². The summed E-state index contributed by atoms with van der Waals surface area (Å²) >= 11 is 1.37. The zero-order chi connectivity index (χ0) is 14.8. The van der Waals surface area contributed by atoms with Crippen LogP contribution in [-0.4, -0.2) is 46.5 Å². The number of rotatable bonds is 4. The Hall–Kier alpha value is -1.73. The lowest BCUT2D eigenvalue weighted by Gasteiger charge is -2.23. The van der Waals surface area contributed by atoms with Crippen LogP contribution >= 0.6 is 11.3 Å². The third-order valence-electron chi connectivity index (χ3n) is 3.74. The monoisotopic (exact) mass is 307 g/mol. The maximum Gasteiger partial charge on any atom is 0.271 e. The molecule has 112 valence electrons. The Bertz CT molecular complexity index is 703. The fourth-order valence-corrected chi connectivity index (χ4v) is 3.21. The summed E-state index contributed by atoms with van der Waals surface area (Å²) in [4.78, 5) is 31.4. The van der Waals surface area contributed by atoms with Crippen LogP contribution in [0, 0.1) is 5.92 Å². The van der Waals surface area contributed by atoms with Gasteiger partial charge in [0.05, 0.1) is 6.61 Å². The van der Waals surface area contributed by atoms with Crippen molar-refractivity contribution in [2.75, 3.05) is 26.3 Å². The van der Waals surface area contributed by atoms with E-state index in [2.05, 4.69) is 4.98 Å². The molecule has 1 atom stereocenters. The Morgan fingerprint density at radius 2 is 2.48 bits per heavy atom. The van der Waals surface area contributed by atoms with Gasteiger partial charge in [0.2, 0.25) is 0 Å². The van der Waals surface area contributed by atoms with E-state index in [0.717, 1.165) is 13.0 Å². The summed E-state index contributed by atoms with van der Waals surface area (Å²) in [6, 6.07) is 0. The van der Waals surface area contributed by atoms with E-state index >= 15 is 0 Å². The molecule has 0 N–H and O–H groups in total. The molecule has 0 aromatic carbocycles. The van der Waals surface area contributed by atoms with Crippen LogP contribution in [0.15, 0.2) is 22.6 Å². The molecule has 21 heavy (non-hydrogen) atoms. The topological polar surface area (TPSA) is 63.9 Å². The molecule has 1 aliphatic rings. The predicted molar refractivity (Wildman–Crippen MR) is 79.8 cm³/mol. The van der Waals surface area contributed by atoms with Crippen molar-refractivity contribution < 1.29 is 9.53 Å². The van der Waals surface area contributed by atoms with Gasteiger partial charge in [-0.05, 0) is 13.3 Å². The highest BCUT2D eigenvalue weighted by molar-refractivity contribution is 7.15. The van der Waals surface area contributed by atoms with Gasteiger partial charge >= 0.3 is 0 Å². The van der Waals surface area contributed by atoms with Gasteiger partial charge in [0.25, 0.3) is 11.5 Å². The molecule has 3 rings (SSSR count). The van der Waals surface area contributed by atoms with E-state index in [1.54, 1.807) is 16.5 Å². The van der Waals surface area contributed by atoms with E-state index in [-0.39, 0.29) is 17.0 Å². The average molecular weight is 307 g/mol. The van der Waals surface area contributed by atoms with Gasteiger partial charge in [-0.1, -0.05) is 0 Å². The van der Waals surface area contributed by atoms with Gasteiger partial charge in [0, 0.05) is 43.4 Å². The number of nitrogens with zero attached hydrogens (tertiary/aromatic N) is 3. The molecule has 1 fully saturated rings. The number of thiazole rings is 1. The van der Waals surface area contributed by atoms with Crippen LogP contribution in [0.25, 0.3) is 4.96 Å². The first-order valence-corrected chi connectivity index (χ1v) is 7.90. The number of fused-ring (bicyclic) bond motifs is 1. The molecule has 3 heterocycles. The van der Waals surface area contributed by atoms with Crippen LogP contribution < -0.4 is 5.56 Å². The number of aromatic nitrogens is 2. The van der Waals surface area contributed by atoms with E-state index in [4.69, 9.17) is 4.74 Å². The van der Waals surface area contributed by atoms with Gasteiger partial charge < -0.3 is 9.64 Å². The second-order valence-electron chi connectivity index (χ2n) is 5.11. The van der Waals surface area contributed by atoms with E-state index in [0.29, 0.717) is 30.6 Å². The van der Waals surface area contributed by atoms with Crippen molar-refractivity contribution in [2.24, 2.45) is 5.92 Å². The molecule has 7 heteroatoms. The van der Waals surface area contributed by atoms with Crippen molar-refractivity contribution in [3.05, 3.63) is 33.7 Å². The van der Waals surface area contributed by atoms with Crippen LogP contribution in [-0.2, 0) is 4.74 Å². The van der Waals surface area contributed by atoms with E-state index in [1.807, 2.05) is 6.92 Å². The van der Waals surface area contributed by atoms with Gasteiger partial charge in [-0.25, -0.2) is 4.98 Å². The Kier molecular flexibility index (Phi) is 4.03. The molecular formula is C14H17N3O3S. The van der Waals surface area contributed by atoms with Gasteiger partial charge in [-0.3, -0.25) is 14.0 Å². The van der Waals surface area contributed by atoms with E-state index in [9.17, 15) is 9.59 Å². The molecule has 1 aliphatic heterocycles. The van der Waals surface area contributed by atoms with Crippen molar-refractivity contribution in [1.82, 2.24) is 14.3 Å². The first-order chi connectivity index (χ1) is 10.2. The van der Waals surface area contributed by atoms with Crippen molar-refractivity contribution in [3.63, 3.8) is 0 Å². The summed E-state index contributed by atoms with van der Waals surface area (Å²) < 4.78 is 6.77. The predicted octanol–water partition coefficient (Wildman–Crippen LogP) is 1.25. The summed E-state index contributed by atoms with van der Waals surface area (Å²) in [5.41, 5.74) is -0.168. The molecule has 0 spiro atoms. The van der Waals surface area contributed by atoms with E-state index < -0.39 is 0 Å². The smallest absolute Gasteiger partial charge is 0.271 e. The van der Waals surface area contributed by atoms with Gasteiger partial charge in [-0.2, -0.15) is 0 Å². The fraction of sp³-hybridized carbons (Fsp3) is 0.500. The minimum absolute atomic E-state index is 0.131. The Balaban J connectivity index is 1.87. The average Bonchev–Trinajstić information content (AvgIpc) is 3.16. The number of carbonyl (C=O) groups excluding carboxylic acids is 1. The maximum atomic E-state index is 12.6. The largest absolute Gasteiger partial charge is 0.381 e. The summed E-state index contributed by atoms with van der Waals surface area (Å²) in [7, 11) is 0. The van der Waals surface area contributed by atoms with Crippen LogP contribution in [0.2, 0.25) is 0 Å². The lowest BCUT2D eigenvalue weighted by molar-refractivity contribution is 0.0728. The summed E-state index contributed by atoms with van der Waals surface area (Å²) in [6.07, 6.45) is 4.00. The number of hydrogen-bond donors (Lipinski definition) is 0. The molecule has 0 bridgehead atoms. The molecule has 0 aliphatic carbocycles. The quantitative estimate of drug-likeness (QED) is 0.853. The minimum atomic E-state index is -0.299. The van der Waals surface area contributed by atoms with Crippen molar-refractivity contribution >= 4 is 22.2 Å². The molecule has 2 aromatic heterocycles. The van der Waals surface area contributed by atoms with Crippen molar-refractivity contribution in [1.29, 1.82) is 0 Å². The maximum absolute atomic E-state index is 12.6. The molecule has 0 saturated carbocycles. The molecule has 1 saturated heterocycles. The Morgan fingerprint density at radius 1 is 1.62 bits per heavy atom. The van der Waals surface area contributed by atoms with Gasteiger partial charge in [0.1, 0.15) is 5.56 Å². The molecule has 1 amide bonds. The normalized spacial score (nSPS) is 18.2. The van der Waals surface area contributed by atoms with Crippen LogP contribution in [0.3, 0.4) is 0 Å². The zero-order valence-electron chi connectivity index (χ0n) is 11.8. The second kappa shape index (κ2) is 5.95. The molecule has 0 radical (unpaired) electrons. The van der Waals surface area contributed by atoms with E-state index in [1.165, 1.54) is 21.9 Å². The molecular weight excluding hydrogens is 290 g/mol. The lowest BCUT2D eigenvalue weighted by atomic mass is 10.1. The Morgan fingerprint density at radius 3 is 3.19 bits per heavy atom. The van der Waals surface area contributed by atoms with Crippen molar-refractivity contribution in [3.8, 4) is 0 Å². The van der Waals surface area contributed by atoms with Gasteiger partial charge in [0.15, 0.2) is 4.96 Å². The van der Waals surface area contributed by atoms with Gasteiger partial charge in [-0.15, -0.1) is 11.3 Å². The number of hydrogen-bond acceptors (Lipinski definition) is 5. The second-order valence-corrected chi connectivity index (χ2v) is 5.98. The number of amides is 1. The first-order valence-electron chi connectivity index (χ1n) is 7.02.